The Balaban J connectivity index is 1.55. The number of carbonyl (C=O) groups excluding carboxylic acids is 2. The number of ether oxygens (including phenoxy) is 1. The fourth-order valence-corrected chi connectivity index (χ4v) is 4.64. The van der Waals surface area contributed by atoms with Crippen molar-refractivity contribution in [2.24, 2.45) is 0 Å². The molecule has 1 saturated heterocycles. The number of pyridine rings is 1. The van der Waals surface area contributed by atoms with E-state index in [1.54, 1.807) is 13.3 Å². The zero-order valence-corrected chi connectivity index (χ0v) is 19.3. The molecule has 0 aliphatic carbocycles. The van der Waals surface area contributed by atoms with Crippen LogP contribution in [0.2, 0.25) is 0 Å². The number of benzene rings is 2. The molecule has 3 heterocycles. The first-order valence-corrected chi connectivity index (χ1v) is 11.3. The normalized spacial score (nSPS) is 16.5. The number of aromatic nitrogens is 1. The van der Waals surface area contributed by atoms with Gasteiger partial charge in [0, 0.05) is 37.9 Å². The molecule has 172 valence electrons. The van der Waals surface area contributed by atoms with Gasteiger partial charge in [-0.1, -0.05) is 42.5 Å². The minimum atomic E-state index is -0.328. The van der Waals surface area contributed by atoms with Crippen molar-refractivity contribution in [2.45, 2.75) is 6.92 Å². The standard InChI is InChI=1S/C27H26N4O3/c1-19-9-3-5-11-21(19)31-26(32)24(20-10-4-6-12-22(20)34-2)25(27(31)33)30-17-15-29(16-18-30)23-13-7-8-14-28-23/h3-14H,15-18H2,1-2H3. The van der Waals surface area contributed by atoms with Crippen molar-refractivity contribution in [1.29, 1.82) is 0 Å². The zero-order valence-electron chi connectivity index (χ0n) is 19.3. The van der Waals surface area contributed by atoms with E-state index in [0.717, 1.165) is 11.4 Å². The predicted octanol–water partition coefficient (Wildman–Crippen LogP) is 3.51. The van der Waals surface area contributed by atoms with Crippen LogP contribution in [0.4, 0.5) is 11.5 Å². The lowest BCUT2D eigenvalue weighted by Crippen LogP contribution is -2.48. The number of para-hydroxylation sites is 2. The Morgan fingerprint density at radius 2 is 1.47 bits per heavy atom. The molecule has 0 atom stereocenters. The van der Waals surface area contributed by atoms with E-state index >= 15 is 0 Å². The van der Waals surface area contributed by atoms with Gasteiger partial charge in [0.2, 0.25) is 0 Å². The number of piperazine rings is 1. The van der Waals surface area contributed by atoms with E-state index in [1.807, 2.05) is 78.6 Å². The molecule has 7 heteroatoms. The molecule has 0 radical (unpaired) electrons. The van der Waals surface area contributed by atoms with E-state index in [-0.39, 0.29) is 11.8 Å². The van der Waals surface area contributed by atoms with Crippen molar-refractivity contribution < 1.29 is 14.3 Å². The number of methoxy groups -OCH3 is 1. The Bertz CT molecular complexity index is 1260. The lowest BCUT2D eigenvalue weighted by Gasteiger charge is -2.37. The van der Waals surface area contributed by atoms with Gasteiger partial charge in [0.25, 0.3) is 11.8 Å². The van der Waals surface area contributed by atoms with E-state index in [9.17, 15) is 9.59 Å². The molecule has 2 aliphatic rings. The second-order valence-corrected chi connectivity index (χ2v) is 8.32. The number of imide groups is 1. The Labute approximate surface area is 198 Å². The number of hydrogen-bond acceptors (Lipinski definition) is 6. The smallest absolute Gasteiger partial charge is 0.282 e. The summed E-state index contributed by atoms with van der Waals surface area (Å²) in [5.74, 6) is 0.851. The fraction of sp³-hybridized carbons (Fsp3) is 0.222. The van der Waals surface area contributed by atoms with E-state index < -0.39 is 0 Å². The van der Waals surface area contributed by atoms with Crippen molar-refractivity contribution in [3.8, 4) is 5.75 Å². The summed E-state index contributed by atoms with van der Waals surface area (Å²) in [5.41, 5.74) is 2.91. The van der Waals surface area contributed by atoms with Crippen LogP contribution in [0.15, 0.2) is 78.6 Å². The molecular weight excluding hydrogens is 428 g/mol. The van der Waals surface area contributed by atoms with Gasteiger partial charge in [-0.3, -0.25) is 9.59 Å². The number of aryl methyl sites for hydroxylation is 1. The van der Waals surface area contributed by atoms with Crippen LogP contribution >= 0.6 is 0 Å². The van der Waals surface area contributed by atoms with Crippen molar-refractivity contribution in [1.82, 2.24) is 9.88 Å². The van der Waals surface area contributed by atoms with Gasteiger partial charge in [-0.05, 0) is 36.8 Å². The van der Waals surface area contributed by atoms with Crippen LogP contribution in [0.5, 0.6) is 5.75 Å². The molecule has 0 saturated carbocycles. The second kappa shape index (κ2) is 9.02. The van der Waals surface area contributed by atoms with Crippen LogP contribution < -0.4 is 14.5 Å². The van der Waals surface area contributed by atoms with Gasteiger partial charge in [0.05, 0.1) is 18.4 Å². The lowest BCUT2D eigenvalue weighted by molar-refractivity contribution is -0.120. The number of hydrogen-bond donors (Lipinski definition) is 0. The second-order valence-electron chi connectivity index (χ2n) is 8.32. The van der Waals surface area contributed by atoms with Gasteiger partial charge in [-0.15, -0.1) is 0 Å². The van der Waals surface area contributed by atoms with Gasteiger partial charge in [-0.2, -0.15) is 0 Å². The van der Waals surface area contributed by atoms with Gasteiger partial charge in [0.15, 0.2) is 0 Å². The van der Waals surface area contributed by atoms with Crippen LogP contribution in [0.1, 0.15) is 11.1 Å². The first kappa shape index (κ1) is 21.7. The van der Waals surface area contributed by atoms with Crippen LogP contribution in [0.3, 0.4) is 0 Å². The largest absolute Gasteiger partial charge is 0.496 e. The molecule has 2 aromatic carbocycles. The summed E-state index contributed by atoms with van der Waals surface area (Å²) in [5, 5.41) is 0. The average molecular weight is 455 g/mol. The summed E-state index contributed by atoms with van der Waals surface area (Å²) in [4.78, 5) is 37.6. The molecule has 1 fully saturated rings. The van der Waals surface area contributed by atoms with Gasteiger partial charge < -0.3 is 14.5 Å². The maximum absolute atomic E-state index is 13.8. The minimum absolute atomic E-state index is 0.300. The van der Waals surface area contributed by atoms with E-state index in [0.29, 0.717) is 54.4 Å². The first-order chi connectivity index (χ1) is 16.6. The van der Waals surface area contributed by atoms with Crippen LogP contribution in [-0.2, 0) is 9.59 Å². The highest BCUT2D eigenvalue weighted by Gasteiger charge is 2.44. The number of anilines is 2. The third kappa shape index (κ3) is 3.69. The van der Waals surface area contributed by atoms with E-state index in [4.69, 9.17) is 4.74 Å². The number of carbonyl (C=O) groups is 2. The van der Waals surface area contributed by atoms with Crippen molar-refractivity contribution in [3.63, 3.8) is 0 Å². The average Bonchev–Trinajstić information content (AvgIpc) is 3.14. The molecule has 7 nitrogen and oxygen atoms in total. The fourth-order valence-electron chi connectivity index (χ4n) is 4.64. The monoisotopic (exact) mass is 454 g/mol. The summed E-state index contributed by atoms with van der Waals surface area (Å²) in [7, 11) is 1.57. The van der Waals surface area contributed by atoms with Crippen molar-refractivity contribution in [3.05, 3.63) is 89.8 Å². The SMILES string of the molecule is COc1ccccc1C1=C(N2CCN(c3ccccn3)CC2)C(=O)N(c2ccccc2C)C1=O. The Morgan fingerprint density at radius 1 is 0.794 bits per heavy atom. The van der Waals surface area contributed by atoms with Gasteiger partial charge in [-0.25, -0.2) is 9.88 Å². The van der Waals surface area contributed by atoms with Crippen LogP contribution in [0.25, 0.3) is 5.57 Å². The number of nitrogens with zero attached hydrogens (tertiary/aromatic N) is 4. The van der Waals surface area contributed by atoms with Gasteiger partial charge >= 0.3 is 0 Å². The van der Waals surface area contributed by atoms with Crippen molar-refractivity contribution >= 4 is 28.9 Å². The summed E-state index contributed by atoms with van der Waals surface area (Å²) < 4.78 is 5.57. The lowest BCUT2D eigenvalue weighted by atomic mass is 10.0. The topological polar surface area (TPSA) is 66.0 Å². The number of rotatable bonds is 5. The van der Waals surface area contributed by atoms with Crippen LogP contribution in [0, 0.1) is 6.92 Å². The summed E-state index contributed by atoms with van der Waals surface area (Å²) in [6.45, 7) is 4.51. The molecule has 34 heavy (non-hydrogen) atoms. The van der Waals surface area contributed by atoms with Crippen molar-refractivity contribution in [2.75, 3.05) is 43.1 Å². The Kier molecular flexibility index (Phi) is 5.76. The molecule has 2 aliphatic heterocycles. The molecule has 0 unspecified atom stereocenters. The highest BCUT2D eigenvalue weighted by Crippen LogP contribution is 2.39. The van der Waals surface area contributed by atoms with E-state index in [1.165, 1.54) is 4.90 Å². The maximum atomic E-state index is 13.8. The Morgan fingerprint density at radius 3 is 2.18 bits per heavy atom. The third-order valence-corrected chi connectivity index (χ3v) is 6.36. The summed E-state index contributed by atoms with van der Waals surface area (Å²) in [6, 6.07) is 20.7. The zero-order chi connectivity index (χ0) is 23.7. The maximum Gasteiger partial charge on any atom is 0.282 e. The third-order valence-electron chi connectivity index (χ3n) is 6.36. The first-order valence-electron chi connectivity index (χ1n) is 11.3. The Hall–Kier alpha value is -4.13. The minimum Gasteiger partial charge on any atom is -0.496 e. The number of amides is 2. The molecular formula is C27H26N4O3. The molecule has 0 bridgehead atoms. The molecule has 1 aromatic heterocycles. The van der Waals surface area contributed by atoms with Crippen LogP contribution in [-0.4, -0.2) is 55.0 Å². The summed E-state index contributed by atoms with van der Waals surface area (Å²) in [6.07, 6.45) is 1.78. The van der Waals surface area contributed by atoms with Gasteiger partial charge in [0.1, 0.15) is 17.3 Å². The highest BCUT2D eigenvalue weighted by molar-refractivity contribution is 6.45. The predicted molar refractivity (Wildman–Crippen MR) is 132 cm³/mol. The quantitative estimate of drug-likeness (QED) is 0.550. The highest BCUT2D eigenvalue weighted by atomic mass is 16.5. The molecule has 0 N–H and O–H groups in total. The van der Waals surface area contributed by atoms with E-state index in [2.05, 4.69) is 9.88 Å². The molecule has 3 aromatic rings. The summed E-state index contributed by atoms with van der Waals surface area (Å²) >= 11 is 0. The molecule has 5 rings (SSSR count). The molecule has 2 amide bonds. The molecule has 0 spiro atoms.